The number of nitrogens with two attached hydrogens (primary N) is 1. The van der Waals surface area contributed by atoms with Crippen molar-refractivity contribution in [2.45, 2.75) is 32.2 Å². The number of nitrogens with zero attached hydrogens (tertiary/aromatic N) is 1. The summed E-state index contributed by atoms with van der Waals surface area (Å²) in [4.78, 5) is 12.1. The summed E-state index contributed by atoms with van der Waals surface area (Å²) in [6, 6.07) is 0.00597. The van der Waals surface area contributed by atoms with Crippen molar-refractivity contribution in [1.82, 2.24) is 10.3 Å². The Morgan fingerprint density at radius 3 is 2.50 bits per heavy atom. The van der Waals surface area contributed by atoms with Crippen LogP contribution in [0.5, 0.6) is 0 Å². The van der Waals surface area contributed by atoms with Gasteiger partial charge in [0.15, 0.2) is 0 Å². The number of rotatable bonds is 5. The fourth-order valence-corrected chi connectivity index (χ4v) is 0.958. The van der Waals surface area contributed by atoms with E-state index in [0.717, 1.165) is 6.42 Å². The van der Waals surface area contributed by atoms with Crippen molar-refractivity contribution in [1.29, 1.82) is 0 Å². The highest BCUT2D eigenvalue weighted by atomic mass is 19.3. The van der Waals surface area contributed by atoms with E-state index < -0.39 is 18.4 Å². The van der Waals surface area contributed by atoms with E-state index in [1.807, 2.05) is 13.8 Å². The van der Waals surface area contributed by atoms with E-state index in [1.165, 1.54) is 10.3 Å². The Hall–Kier alpha value is -0.750. The molecule has 0 saturated carbocycles. The van der Waals surface area contributed by atoms with Crippen molar-refractivity contribution >= 4 is 5.91 Å². The fraction of sp³-hybridized carbons (Fsp3) is 0.875. The summed E-state index contributed by atoms with van der Waals surface area (Å²) in [5, 5.41) is 0. The quantitative estimate of drug-likeness (QED) is 0.390. The Labute approximate surface area is 82.4 Å². The van der Waals surface area contributed by atoms with Gasteiger partial charge in [-0.05, 0) is 20.4 Å². The number of halogens is 2. The SMILES string of the molecule is CCC(C)N(C)CC(F)(F)C(=O)NN. The molecule has 0 heterocycles. The molecule has 0 aliphatic rings. The molecule has 84 valence electrons. The molecule has 3 N–H and O–H groups in total. The smallest absolute Gasteiger partial charge is 0.297 e. The van der Waals surface area contributed by atoms with Crippen LogP contribution in [0.15, 0.2) is 0 Å². The predicted molar refractivity (Wildman–Crippen MR) is 49.7 cm³/mol. The summed E-state index contributed by atoms with van der Waals surface area (Å²) in [5.41, 5.74) is 1.45. The van der Waals surface area contributed by atoms with Crippen LogP contribution in [-0.2, 0) is 4.79 Å². The van der Waals surface area contributed by atoms with Gasteiger partial charge < -0.3 is 0 Å². The van der Waals surface area contributed by atoms with Crippen LogP contribution in [0, 0.1) is 0 Å². The van der Waals surface area contributed by atoms with E-state index >= 15 is 0 Å². The molecule has 1 unspecified atom stereocenters. The largest absolute Gasteiger partial charge is 0.338 e. The van der Waals surface area contributed by atoms with Crippen molar-refractivity contribution in [3.05, 3.63) is 0 Å². The van der Waals surface area contributed by atoms with Crippen molar-refractivity contribution in [3.8, 4) is 0 Å². The zero-order chi connectivity index (χ0) is 11.4. The number of carbonyl (C=O) groups excluding carboxylic acids is 1. The standard InChI is InChI=1S/C8H17F2N3O/c1-4-6(2)13(3)5-8(9,10)7(14)12-11/h6H,4-5,11H2,1-3H3,(H,12,14). The second-order valence-corrected chi connectivity index (χ2v) is 3.35. The van der Waals surface area contributed by atoms with Gasteiger partial charge in [-0.1, -0.05) is 6.92 Å². The highest BCUT2D eigenvalue weighted by Crippen LogP contribution is 2.16. The molecule has 6 heteroatoms. The third-order valence-electron chi connectivity index (χ3n) is 2.25. The Morgan fingerprint density at radius 2 is 2.14 bits per heavy atom. The first kappa shape index (κ1) is 13.2. The Balaban J connectivity index is 4.28. The average Bonchev–Trinajstić information content (AvgIpc) is 2.14. The molecule has 0 saturated heterocycles. The first-order valence-corrected chi connectivity index (χ1v) is 4.44. The second kappa shape index (κ2) is 5.21. The molecule has 0 bridgehead atoms. The molecule has 1 amide bonds. The van der Waals surface area contributed by atoms with Gasteiger partial charge in [0.05, 0.1) is 6.54 Å². The van der Waals surface area contributed by atoms with Crippen molar-refractivity contribution in [2.75, 3.05) is 13.6 Å². The molecule has 0 fully saturated rings. The van der Waals surface area contributed by atoms with E-state index in [1.54, 1.807) is 7.05 Å². The first-order chi connectivity index (χ1) is 6.35. The van der Waals surface area contributed by atoms with Crippen molar-refractivity contribution in [2.24, 2.45) is 5.84 Å². The lowest BCUT2D eigenvalue weighted by Gasteiger charge is -2.27. The average molecular weight is 209 g/mol. The van der Waals surface area contributed by atoms with E-state index in [4.69, 9.17) is 0 Å². The molecular formula is C8H17F2N3O. The van der Waals surface area contributed by atoms with Crippen LogP contribution < -0.4 is 11.3 Å². The first-order valence-electron chi connectivity index (χ1n) is 4.44. The third kappa shape index (κ3) is 3.55. The van der Waals surface area contributed by atoms with Crippen molar-refractivity contribution < 1.29 is 13.6 Å². The van der Waals surface area contributed by atoms with E-state index in [0.29, 0.717) is 0 Å². The lowest BCUT2D eigenvalue weighted by molar-refractivity contribution is -0.148. The molecule has 0 aliphatic heterocycles. The second-order valence-electron chi connectivity index (χ2n) is 3.35. The summed E-state index contributed by atoms with van der Waals surface area (Å²) in [7, 11) is 1.55. The molecule has 4 nitrogen and oxygen atoms in total. The molecule has 0 aromatic rings. The zero-order valence-electron chi connectivity index (χ0n) is 8.68. The lowest BCUT2D eigenvalue weighted by atomic mass is 10.2. The van der Waals surface area contributed by atoms with Crippen LogP contribution in [0.1, 0.15) is 20.3 Å². The summed E-state index contributed by atoms with van der Waals surface area (Å²) in [6.45, 7) is 3.09. The summed E-state index contributed by atoms with van der Waals surface area (Å²) < 4.78 is 26.1. The Morgan fingerprint density at radius 1 is 1.64 bits per heavy atom. The van der Waals surface area contributed by atoms with Crippen LogP contribution in [0.3, 0.4) is 0 Å². The van der Waals surface area contributed by atoms with Gasteiger partial charge in [0.2, 0.25) is 0 Å². The van der Waals surface area contributed by atoms with Gasteiger partial charge in [-0.15, -0.1) is 0 Å². The zero-order valence-corrected chi connectivity index (χ0v) is 8.68. The van der Waals surface area contributed by atoms with Gasteiger partial charge in [0.25, 0.3) is 0 Å². The highest BCUT2D eigenvalue weighted by molar-refractivity contribution is 5.82. The predicted octanol–water partition coefficient (Wildman–Crippen LogP) is 0.342. The third-order valence-corrected chi connectivity index (χ3v) is 2.25. The summed E-state index contributed by atoms with van der Waals surface area (Å²) >= 11 is 0. The molecule has 0 aromatic heterocycles. The number of hydrogen-bond donors (Lipinski definition) is 2. The normalized spacial score (nSPS) is 14.2. The van der Waals surface area contributed by atoms with Crippen molar-refractivity contribution in [3.63, 3.8) is 0 Å². The van der Waals surface area contributed by atoms with E-state index in [-0.39, 0.29) is 6.04 Å². The van der Waals surface area contributed by atoms with E-state index in [9.17, 15) is 13.6 Å². The summed E-state index contributed by atoms with van der Waals surface area (Å²) in [6.07, 6.45) is 0.747. The van der Waals surface area contributed by atoms with Gasteiger partial charge in [0.1, 0.15) is 0 Å². The minimum absolute atomic E-state index is 0.00597. The number of amides is 1. The molecule has 0 rings (SSSR count). The number of alkyl halides is 2. The number of hydrogen-bond acceptors (Lipinski definition) is 3. The summed E-state index contributed by atoms with van der Waals surface area (Å²) in [5.74, 6) is -0.244. The molecule has 1 atom stereocenters. The van der Waals surface area contributed by atoms with Crippen LogP contribution in [0.25, 0.3) is 0 Å². The molecule has 0 aliphatic carbocycles. The van der Waals surface area contributed by atoms with Crippen LogP contribution >= 0.6 is 0 Å². The molecule has 14 heavy (non-hydrogen) atoms. The monoisotopic (exact) mass is 209 g/mol. The molecule has 0 aromatic carbocycles. The van der Waals surface area contributed by atoms with Gasteiger partial charge in [-0.2, -0.15) is 8.78 Å². The maximum atomic E-state index is 13.0. The topological polar surface area (TPSA) is 58.4 Å². The Kier molecular flexibility index (Phi) is 4.93. The Bertz CT molecular complexity index is 199. The molecular weight excluding hydrogens is 192 g/mol. The maximum Gasteiger partial charge on any atom is 0.338 e. The minimum atomic E-state index is -3.44. The number of nitrogens with one attached hydrogen (secondary N) is 1. The van der Waals surface area contributed by atoms with Crippen LogP contribution in [0.4, 0.5) is 8.78 Å². The van der Waals surface area contributed by atoms with Gasteiger partial charge >= 0.3 is 11.8 Å². The number of carbonyl (C=O) groups is 1. The molecule has 0 radical (unpaired) electrons. The minimum Gasteiger partial charge on any atom is -0.297 e. The highest BCUT2D eigenvalue weighted by Gasteiger charge is 2.39. The number of hydrazine groups is 1. The van der Waals surface area contributed by atoms with Gasteiger partial charge in [-0.25, -0.2) is 5.84 Å². The maximum absolute atomic E-state index is 13.0. The van der Waals surface area contributed by atoms with E-state index in [2.05, 4.69) is 5.84 Å². The molecule has 0 spiro atoms. The van der Waals surface area contributed by atoms with Crippen LogP contribution in [-0.4, -0.2) is 36.4 Å². The van der Waals surface area contributed by atoms with Gasteiger partial charge in [-0.3, -0.25) is 15.1 Å². The van der Waals surface area contributed by atoms with Gasteiger partial charge in [0, 0.05) is 6.04 Å². The lowest BCUT2D eigenvalue weighted by Crippen LogP contribution is -2.50. The van der Waals surface area contributed by atoms with Crippen LogP contribution in [0.2, 0.25) is 0 Å². The fourth-order valence-electron chi connectivity index (χ4n) is 0.958.